The van der Waals surface area contributed by atoms with Crippen LogP contribution in [0.15, 0.2) is 24.3 Å². The van der Waals surface area contributed by atoms with E-state index in [2.05, 4.69) is 9.72 Å². The van der Waals surface area contributed by atoms with Gasteiger partial charge in [-0.1, -0.05) is 0 Å². The lowest BCUT2D eigenvalue weighted by Gasteiger charge is -2.29. The average Bonchev–Trinajstić information content (AvgIpc) is 2.96. The number of rotatable bonds is 3. The maximum atomic E-state index is 12.5. The molecule has 6 nitrogen and oxygen atoms in total. The Kier molecular flexibility index (Phi) is 4.32. The number of alkyl halides is 3. The predicted octanol–water partition coefficient (Wildman–Crippen LogP) is 3.00. The summed E-state index contributed by atoms with van der Waals surface area (Å²) in [5, 5.41) is 9.56. The number of aliphatic carboxylic acids is 1. The van der Waals surface area contributed by atoms with Gasteiger partial charge in [0.2, 0.25) is 0 Å². The molecule has 1 aromatic heterocycles. The van der Waals surface area contributed by atoms with Crippen molar-refractivity contribution in [1.29, 1.82) is 0 Å². The molecule has 1 amide bonds. The zero-order valence-corrected chi connectivity index (χ0v) is 13.0. The van der Waals surface area contributed by atoms with Crippen LogP contribution < -0.4 is 4.74 Å². The van der Waals surface area contributed by atoms with Crippen molar-refractivity contribution in [2.24, 2.45) is 5.92 Å². The number of hydrogen-bond donors (Lipinski definition) is 2. The Morgan fingerprint density at radius 2 is 1.88 bits per heavy atom. The van der Waals surface area contributed by atoms with E-state index in [1.807, 2.05) is 0 Å². The van der Waals surface area contributed by atoms with Crippen LogP contribution >= 0.6 is 0 Å². The lowest BCUT2D eigenvalue weighted by molar-refractivity contribution is -0.274. The van der Waals surface area contributed by atoms with Gasteiger partial charge < -0.3 is 19.7 Å². The van der Waals surface area contributed by atoms with Crippen molar-refractivity contribution in [1.82, 2.24) is 9.88 Å². The average molecular weight is 356 g/mol. The summed E-state index contributed by atoms with van der Waals surface area (Å²) >= 11 is 0. The number of nitrogens with one attached hydrogen (secondary N) is 1. The second-order valence-electron chi connectivity index (χ2n) is 5.88. The molecular weight excluding hydrogens is 341 g/mol. The van der Waals surface area contributed by atoms with Crippen LogP contribution in [0.1, 0.15) is 23.3 Å². The number of carboxylic acid groups (broad SMARTS) is 1. The van der Waals surface area contributed by atoms with E-state index in [1.165, 1.54) is 23.1 Å². The van der Waals surface area contributed by atoms with Gasteiger partial charge in [0.25, 0.3) is 5.91 Å². The Morgan fingerprint density at radius 3 is 2.48 bits per heavy atom. The Balaban J connectivity index is 1.75. The van der Waals surface area contributed by atoms with Crippen LogP contribution in [0.5, 0.6) is 5.75 Å². The number of hydrogen-bond acceptors (Lipinski definition) is 3. The van der Waals surface area contributed by atoms with Crippen molar-refractivity contribution in [3.8, 4) is 5.75 Å². The number of piperidine rings is 1. The van der Waals surface area contributed by atoms with Crippen molar-refractivity contribution in [3.63, 3.8) is 0 Å². The zero-order chi connectivity index (χ0) is 18.2. The highest BCUT2D eigenvalue weighted by atomic mass is 19.4. The molecular formula is C16H15F3N2O4. The van der Waals surface area contributed by atoms with Gasteiger partial charge in [-0.05, 0) is 31.0 Å². The largest absolute Gasteiger partial charge is 0.573 e. The molecule has 134 valence electrons. The number of aromatic amines is 1. The van der Waals surface area contributed by atoms with Crippen molar-refractivity contribution in [2.45, 2.75) is 19.2 Å². The van der Waals surface area contributed by atoms with Gasteiger partial charge in [-0.3, -0.25) is 9.59 Å². The number of ether oxygens (including phenoxy) is 1. The van der Waals surface area contributed by atoms with E-state index in [9.17, 15) is 22.8 Å². The first-order chi connectivity index (χ1) is 11.7. The number of aromatic nitrogens is 1. The standard InChI is InChI=1S/C16H15F3N2O4/c17-16(18,19)25-11-2-1-10-7-13(20-12(10)8-11)14(22)21-5-3-9(4-6-21)15(23)24/h1-2,7-9,20H,3-6H2,(H,23,24). The summed E-state index contributed by atoms with van der Waals surface area (Å²) in [5.41, 5.74) is 0.596. The Hall–Kier alpha value is -2.71. The highest BCUT2D eigenvalue weighted by Gasteiger charge is 2.31. The molecule has 1 fully saturated rings. The molecule has 1 saturated heterocycles. The van der Waals surface area contributed by atoms with Crippen LogP contribution in [-0.4, -0.2) is 46.3 Å². The third-order valence-electron chi connectivity index (χ3n) is 4.19. The SMILES string of the molecule is O=C(O)C1CCN(C(=O)c2cc3ccc(OC(F)(F)F)cc3[nH]2)CC1. The van der Waals surface area contributed by atoms with Crippen molar-refractivity contribution in [3.05, 3.63) is 30.0 Å². The fraction of sp³-hybridized carbons (Fsp3) is 0.375. The van der Waals surface area contributed by atoms with Gasteiger partial charge in [0.05, 0.1) is 5.92 Å². The zero-order valence-electron chi connectivity index (χ0n) is 13.0. The topological polar surface area (TPSA) is 82.6 Å². The molecule has 0 saturated carbocycles. The third-order valence-corrected chi connectivity index (χ3v) is 4.19. The highest BCUT2D eigenvalue weighted by molar-refractivity contribution is 5.98. The molecule has 1 aromatic carbocycles. The predicted molar refractivity (Wildman–Crippen MR) is 81.2 cm³/mol. The highest BCUT2D eigenvalue weighted by Crippen LogP contribution is 2.27. The fourth-order valence-electron chi connectivity index (χ4n) is 2.92. The molecule has 3 rings (SSSR count). The first-order valence-corrected chi connectivity index (χ1v) is 7.63. The molecule has 0 atom stereocenters. The van der Waals surface area contributed by atoms with E-state index < -0.39 is 18.2 Å². The Bertz CT molecular complexity index is 807. The van der Waals surface area contributed by atoms with Gasteiger partial charge in [-0.2, -0.15) is 0 Å². The van der Waals surface area contributed by atoms with Crippen LogP contribution in [0.4, 0.5) is 13.2 Å². The van der Waals surface area contributed by atoms with Gasteiger partial charge in [-0.15, -0.1) is 13.2 Å². The molecule has 0 bridgehead atoms. The summed E-state index contributed by atoms with van der Waals surface area (Å²) in [6, 6.07) is 5.34. The summed E-state index contributed by atoms with van der Waals surface area (Å²) < 4.78 is 40.7. The molecule has 9 heteroatoms. The summed E-state index contributed by atoms with van der Waals surface area (Å²) in [7, 11) is 0. The number of carboxylic acids is 1. The minimum Gasteiger partial charge on any atom is -0.481 e. The smallest absolute Gasteiger partial charge is 0.481 e. The first kappa shape index (κ1) is 17.1. The van der Waals surface area contributed by atoms with E-state index in [1.54, 1.807) is 6.07 Å². The normalized spacial score (nSPS) is 16.2. The minimum atomic E-state index is -4.78. The number of nitrogens with zero attached hydrogens (tertiary/aromatic N) is 1. The van der Waals surface area contributed by atoms with E-state index >= 15 is 0 Å². The van der Waals surface area contributed by atoms with Crippen molar-refractivity contribution in [2.75, 3.05) is 13.1 Å². The van der Waals surface area contributed by atoms with E-state index in [-0.39, 0.29) is 17.4 Å². The minimum absolute atomic E-state index is 0.243. The quantitative estimate of drug-likeness (QED) is 0.886. The fourth-order valence-corrected chi connectivity index (χ4v) is 2.92. The number of fused-ring (bicyclic) bond motifs is 1. The van der Waals surface area contributed by atoms with E-state index in [0.717, 1.165) is 0 Å². The second kappa shape index (κ2) is 6.30. The Morgan fingerprint density at radius 1 is 1.20 bits per heavy atom. The lowest BCUT2D eigenvalue weighted by Crippen LogP contribution is -2.40. The third kappa shape index (κ3) is 3.86. The first-order valence-electron chi connectivity index (χ1n) is 7.63. The summed E-state index contributed by atoms with van der Waals surface area (Å²) in [6.07, 6.45) is -4.02. The molecule has 1 aliphatic heterocycles. The molecule has 2 N–H and O–H groups in total. The number of likely N-dealkylation sites (tertiary alicyclic amines) is 1. The summed E-state index contributed by atoms with van der Waals surface area (Å²) in [6.45, 7) is 0.654. The molecule has 0 aliphatic carbocycles. The number of amides is 1. The van der Waals surface area contributed by atoms with Crippen LogP contribution in [0, 0.1) is 5.92 Å². The van der Waals surface area contributed by atoms with Crippen LogP contribution in [0.25, 0.3) is 10.9 Å². The van der Waals surface area contributed by atoms with Crippen molar-refractivity contribution < 1.29 is 32.6 Å². The van der Waals surface area contributed by atoms with Crippen LogP contribution in [-0.2, 0) is 4.79 Å². The van der Waals surface area contributed by atoms with Gasteiger partial charge in [0.15, 0.2) is 0 Å². The lowest BCUT2D eigenvalue weighted by atomic mass is 9.97. The molecule has 0 spiro atoms. The number of benzene rings is 1. The molecule has 2 aromatic rings. The van der Waals surface area contributed by atoms with E-state index in [4.69, 9.17) is 5.11 Å². The van der Waals surface area contributed by atoms with Gasteiger partial charge >= 0.3 is 12.3 Å². The second-order valence-corrected chi connectivity index (χ2v) is 5.88. The molecule has 1 aliphatic rings. The van der Waals surface area contributed by atoms with Crippen molar-refractivity contribution >= 4 is 22.8 Å². The molecule has 0 unspecified atom stereocenters. The van der Waals surface area contributed by atoms with Gasteiger partial charge in [-0.25, -0.2) is 0 Å². The van der Waals surface area contributed by atoms with Gasteiger partial charge in [0, 0.05) is 30.1 Å². The van der Waals surface area contributed by atoms with Crippen LogP contribution in [0.3, 0.4) is 0 Å². The monoisotopic (exact) mass is 356 g/mol. The molecule has 25 heavy (non-hydrogen) atoms. The number of carbonyl (C=O) groups excluding carboxylic acids is 1. The summed E-state index contributed by atoms with van der Waals surface area (Å²) in [5.74, 6) is -2.00. The van der Waals surface area contributed by atoms with Crippen LogP contribution in [0.2, 0.25) is 0 Å². The Labute approximate surface area is 140 Å². The van der Waals surface area contributed by atoms with E-state index in [0.29, 0.717) is 36.8 Å². The molecule has 2 heterocycles. The maximum absolute atomic E-state index is 12.5. The number of H-pyrrole nitrogens is 1. The summed E-state index contributed by atoms with van der Waals surface area (Å²) in [4.78, 5) is 27.8. The number of halogens is 3. The van der Waals surface area contributed by atoms with Gasteiger partial charge in [0.1, 0.15) is 11.4 Å². The molecule has 0 radical (unpaired) electrons. The number of carbonyl (C=O) groups is 2. The maximum Gasteiger partial charge on any atom is 0.573 e.